The van der Waals surface area contributed by atoms with Crippen molar-refractivity contribution in [2.45, 2.75) is 12.5 Å². The van der Waals surface area contributed by atoms with Gasteiger partial charge < -0.3 is 15.1 Å². The summed E-state index contributed by atoms with van der Waals surface area (Å²) in [4.78, 5) is 15.5. The molecular formula is C17H19Cl2N5O. The highest BCUT2D eigenvalue weighted by atomic mass is 35.5. The van der Waals surface area contributed by atoms with Crippen LogP contribution in [0.4, 0.5) is 11.5 Å². The number of halogens is 2. The molecule has 1 N–H and O–H groups in total. The lowest BCUT2D eigenvalue weighted by molar-refractivity contribution is 0.0821. The Morgan fingerprint density at radius 3 is 2.68 bits per heavy atom. The van der Waals surface area contributed by atoms with E-state index in [1.807, 2.05) is 12.1 Å². The summed E-state index contributed by atoms with van der Waals surface area (Å²) in [7, 11) is 3.37. The first-order valence-electron chi connectivity index (χ1n) is 7.96. The van der Waals surface area contributed by atoms with Gasteiger partial charge in [0.25, 0.3) is 5.91 Å². The molecular weight excluding hydrogens is 361 g/mol. The van der Waals surface area contributed by atoms with E-state index in [0.717, 1.165) is 25.2 Å². The molecule has 3 rings (SSSR count). The maximum atomic E-state index is 11.8. The third-order valence-electron chi connectivity index (χ3n) is 4.08. The SMILES string of the molecule is CN(C)C(=O)c1ccc(NC2CCN(c3ccc(Cl)cc3Cl)C2)nn1. The number of carbonyl (C=O) groups is 1. The van der Waals surface area contributed by atoms with Gasteiger partial charge in [-0.3, -0.25) is 4.79 Å². The quantitative estimate of drug-likeness (QED) is 0.883. The lowest BCUT2D eigenvalue weighted by Crippen LogP contribution is -2.27. The van der Waals surface area contributed by atoms with Crippen molar-refractivity contribution in [1.29, 1.82) is 0 Å². The fourth-order valence-corrected chi connectivity index (χ4v) is 3.32. The van der Waals surface area contributed by atoms with Gasteiger partial charge in [0.15, 0.2) is 5.69 Å². The number of hydrogen-bond donors (Lipinski definition) is 1. The Hall–Kier alpha value is -2.05. The molecule has 0 spiro atoms. The van der Waals surface area contributed by atoms with E-state index in [0.29, 0.717) is 21.6 Å². The van der Waals surface area contributed by atoms with Crippen LogP contribution in [0.1, 0.15) is 16.9 Å². The standard InChI is InChI=1S/C17H19Cl2N5O/c1-23(2)17(25)14-4-6-16(22-21-14)20-12-7-8-24(10-12)15-5-3-11(18)9-13(15)19/h3-6,9,12H,7-8,10H2,1-2H3,(H,20,22). The Kier molecular flexibility index (Phi) is 5.30. The number of amides is 1. The molecule has 1 atom stereocenters. The molecule has 0 aliphatic carbocycles. The molecule has 1 aromatic carbocycles. The summed E-state index contributed by atoms with van der Waals surface area (Å²) in [5.74, 6) is 0.493. The molecule has 25 heavy (non-hydrogen) atoms. The van der Waals surface area contributed by atoms with Crippen molar-refractivity contribution in [3.05, 3.63) is 46.1 Å². The van der Waals surface area contributed by atoms with E-state index < -0.39 is 0 Å². The molecule has 132 valence electrons. The monoisotopic (exact) mass is 379 g/mol. The maximum Gasteiger partial charge on any atom is 0.273 e. The summed E-state index contributed by atoms with van der Waals surface area (Å²) in [6, 6.07) is 9.23. The molecule has 0 bridgehead atoms. The Morgan fingerprint density at radius 1 is 1.24 bits per heavy atom. The smallest absolute Gasteiger partial charge is 0.273 e. The predicted octanol–water partition coefficient (Wildman–Crippen LogP) is 3.18. The third-order valence-corrected chi connectivity index (χ3v) is 4.62. The van der Waals surface area contributed by atoms with Gasteiger partial charge in [0.2, 0.25) is 0 Å². The van der Waals surface area contributed by atoms with Crippen LogP contribution in [0.5, 0.6) is 0 Å². The van der Waals surface area contributed by atoms with E-state index in [4.69, 9.17) is 23.2 Å². The van der Waals surface area contributed by atoms with E-state index in [1.54, 1.807) is 32.3 Å². The number of benzene rings is 1. The lowest BCUT2D eigenvalue weighted by Gasteiger charge is -2.20. The van der Waals surface area contributed by atoms with Crippen LogP contribution in [-0.4, -0.2) is 54.2 Å². The molecule has 0 radical (unpaired) electrons. The molecule has 2 aromatic rings. The number of nitrogens with zero attached hydrogens (tertiary/aromatic N) is 4. The molecule has 0 saturated carbocycles. The zero-order chi connectivity index (χ0) is 18.0. The minimum atomic E-state index is -0.163. The summed E-state index contributed by atoms with van der Waals surface area (Å²) in [6.45, 7) is 1.70. The van der Waals surface area contributed by atoms with Gasteiger partial charge >= 0.3 is 0 Å². The Labute approximate surface area is 156 Å². The van der Waals surface area contributed by atoms with Crippen molar-refractivity contribution in [3.8, 4) is 0 Å². The molecule has 1 aliphatic rings. The first-order chi connectivity index (χ1) is 11.9. The van der Waals surface area contributed by atoms with E-state index in [-0.39, 0.29) is 11.9 Å². The average molecular weight is 380 g/mol. The topological polar surface area (TPSA) is 61.4 Å². The zero-order valence-corrected chi connectivity index (χ0v) is 15.6. The summed E-state index contributed by atoms with van der Waals surface area (Å²) < 4.78 is 0. The van der Waals surface area contributed by atoms with Crippen LogP contribution in [0.2, 0.25) is 10.0 Å². The van der Waals surface area contributed by atoms with Gasteiger partial charge in [-0.2, -0.15) is 0 Å². The third kappa shape index (κ3) is 4.14. The number of nitrogens with one attached hydrogen (secondary N) is 1. The van der Waals surface area contributed by atoms with Gasteiger partial charge in [-0.05, 0) is 36.8 Å². The number of hydrogen-bond acceptors (Lipinski definition) is 5. The summed E-state index contributed by atoms with van der Waals surface area (Å²) in [5, 5.41) is 12.7. The van der Waals surface area contributed by atoms with Crippen LogP contribution < -0.4 is 10.2 Å². The second-order valence-corrected chi connectivity index (χ2v) is 7.02. The Morgan fingerprint density at radius 2 is 2.04 bits per heavy atom. The maximum absolute atomic E-state index is 11.8. The Bertz CT molecular complexity index is 766. The second-order valence-electron chi connectivity index (χ2n) is 6.18. The minimum absolute atomic E-state index is 0.163. The highest BCUT2D eigenvalue weighted by Crippen LogP contribution is 2.31. The van der Waals surface area contributed by atoms with Gasteiger partial charge in [0.05, 0.1) is 10.7 Å². The van der Waals surface area contributed by atoms with Crippen LogP contribution >= 0.6 is 23.2 Å². The number of anilines is 2. The van der Waals surface area contributed by atoms with Crippen molar-refractivity contribution in [2.75, 3.05) is 37.4 Å². The first kappa shape index (κ1) is 17.8. The van der Waals surface area contributed by atoms with Crippen LogP contribution in [0.15, 0.2) is 30.3 Å². The minimum Gasteiger partial charge on any atom is -0.368 e. The van der Waals surface area contributed by atoms with Crippen molar-refractivity contribution >= 4 is 40.6 Å². The molecule has 8 heteroatoms. The fourth-order valence-electron chi connectivity index (χ4n) is 2.80. The van der Waals surface area contributed by atoms with Gasteiger partial charge in [-0.1, -0.05) is 23.2 Å². The van der Waals surface area contributed by atoms with Gasteiger partial charge in [-0.15, -0.1) is 10.2 Å². The molecule has 1 aliphatic heterocycles. The Balaban J connectivity index is 1.62. The molecule has 2 heterocycles. The zero-order valence-electron chi connectivity index (χ0n) is 14.0. The van der Waals surface area contributed by atoms with E-state index in [2.05, 4.69) is 20.4 Å². The molecule has 6 nitrogen and oxygen atoms in total. The number of rotatable bonds is 4. The lowest BCUT2D eigenvalue weighted by atomic mass is 10.2. The normalized spacial score (nSPS) is 16.8. The molecule has 1 amide bonds. The van der Waals surface area contributed by atoms with Crippen molar-refractivity contribution in [2.24, 2.45) is 0 Å². The molecule has 1 fully saturated rings. The fraction of sp³-hybridized carbons (Fsp3) is 0.353. The van der Waals surface area contributed by atoms with Gasteiger partial charge in [-0.25, -0.2) is 0 Å². The number of aromatic nitrogens is 2. The van der Waals surface area contributed by atoms with Crippen LogP contribution in [0.3, 0.4) is 0 Å². The summed E-state index contributed by atoms with van der Waals surface area (Å²) in [5.41, 5.74) is 1.31. The largest absolute Gasteiger partial charge is 0.368 e. The van der Waals surface area contributed by atoms with Crippen LogP contribution in [0, 0.1) is 0 Å². The summed E-state index contributed by atoms with van der Waals surface area (Å²) >= 11 is 12.2. The van der Waals surface area contributed by atoms with Crippen molar-refractivity contribution in [1.82, 2.24) is 15.1 Å². The molecule has 1 unspecified atom stereocenters. The highest BCUT2D eigenvalue weighted by molar-refractivity contribution is 6.36. The molecule has 1 aromatic heterocycles. The average Bonchev–Trinajstić information content (AvgIpc) is 3.03. The van der Waals surface area contributed by atoms with Gasteiger partial charge in [0, 0.05) is 38.2 Å². The van der Waals surface area contributed by atoms with Crippen molar-refractivity contribution in [3.63, 3.8) is 0 Å². The molecule has 1 saturated heterocycles. The first-order valence-corrected chi connectivity index (χ1v) is 8.71. The van der Waals surface area contributed by atoms with Crippen LogP contribution in [-0.2, 0) is 0 Å². The highest BCUT2D eigenvalue weighted by Gasteiger charge is 2.24. The van der Waals surface area contributed by atoms with Crippen LogP contribution in [0.25, 0.3) is 0 Å². The predicted molar refractivity (Wildman–Crippen MR) is 101 cm³/mol. The van der Waals surface area contributed by atoms with Gasteiger partial charge in [0.1, 0.15) is 5.82 Å². The summed E-state index contributed by atoms with van der Waals surface area (Å²) in [6.07, 6.45) is 0.957. The van der Waals surface area contributed by atoms with Crippen molar-refractivity contribution < 1.29 is 4.79 Å². The van der Waals surface area contributed by atoms with E-state index in [1.165, 1.54) is 4.90 Å². The second kappa shape index (κ2) is 7.45. The van der Waals surface area contributed by atoms with E-state index >= 15 is 0 Å². The van der Waals surface area contributed by atoms with E-state index in [9.17, 15) is 4.79 Å². The number of carbonyl (C=O) groups excluding carboxylic acids is 1.